The zero-order valence-corrected chi connectivity index (χ0v) is 18.5. The Morgan fingerprint density at radius 3 is 2.68 bits per heavy atom. The Balaban J connectivity index is 1.60. The van der Waals surface area contributed by atoms with Gasteiger partial charge in [0.05, 0.1) is 16.9 Å². The maximum atomic E-state index is 12.1. The lowest BCUT2D eigenvalue weighted by Gasteiger charge is -2.07. The Morgan fingerprint density at radius 2 is 2.00 bits per heavy atom. The van der Waals surface area contributed by atoms with Gasteiger partial charge in [0, 0.05) is 28.8 Å². The number of aromatic nitrogens is 3. The molecule has 0 fully saturated rings. The summed E-state index contributed by atoms with van der Waals surface area (Å²) >= 11 is 12.9. The van der Waals surface area contributed by atoms with Crippen LogP contribution in [0.3, 0.4) is 0 Å². The van der Waals surface area contributed by atoms with Gasteiger partial charge in [0.25, 0.3) is 11.6 Å². The van der Waals surface area contributed by atoms with Gasteiger partial charge >= 0.3 is 0 Å². The number of hydrogen-bond donors (Lipinski definition) is 1. The summed E-state index contributed by atoms with van der Waals surface area (Å²) in [5.41, 5.74) is 3.45. The standard InChI is InChI=1S/C19H16Cl2N6O3S/c1-2-26-18(13-4-6-14(20)7-5-13)24-25-19(26)31-11-17(28)23-22-10-12-3-8-15(21)16(9-12)27(29)30/h3-10H,2,11H2,1H3,(H,23,28)/b22-10+. The molecule has 1 amide bonds. The third kappa shape index (κ3) is 5.81. The van der Waals surface area contributed by atoms with Crippen LogP contribution in [0.1, 0.15) is 12.5 Å². The summed E-state index contributed by atoms with van der Waals surface area (Å²) < 4.78 is 1.90. The zero-order chi connectivity index (χ0) is 22.4. The Kier molecular flexibility index (Phi) is 7.61. The Bertz CT molecular complexity index is 1130. The van der Waals surface area contributed by atoms with Crippen molar-refractivity contribution in [3.05, 3.63) is 68.2 Å². The van der Waals surface area contributed by atoms with Gasteiger partial charge in [0.1, 0.15) is 5.02 Å². The summed E-state index contributed by atoms with van der Waals surface area (Å²) in [6.07, 6.45) is 1.30. The molecule has 160 valence electrons. The Hall–Kier alpha value is -2.95. The SMILES string of the molecule is CCn1c(SCC(=O)N/N=C/c2ccc(Cl)c([N+](=O)[O-])c2)nnc1-c1ccc(Cl)cc1. The van der Waals surface area contributed by atoms with Crippen LogP contribution in [0, 0.1) is 10.1 Å². The molecule has 0 radical (unpaired) electrons. The van der Waals surface area contributed by atoms with E-state index < -0.39 is 4.92 Å². The Morgan fingerprint density at radius 1 is 1.26 bits per heavy atom. The van der Waals surface area contributed by atoms with Crippen LogP contribution in [0.25, 0.3) is 11.4 Å². The minimum Gasteiger partial charge on any atom is -0.302 e. The minimum absolute atomic E-state index is 0.0283. The number of carbonyl (C=O) groups excluding carboxylic acids is 1. The summed E-state index contributed by atoms with van der Waals surface area (Å²) in [5.74, 6) is 0.393. The molecule has 1 heterocycles. The molecule has 0 spiro atoms. The van der Waals surface area contributed by atoms with E-state index >= 15 is 0 Å². The van der Waals surface area contributed by atoms with Crippen LogP contribution in [0.4, 0.5) is 5.69 Å². The predicted octanol–water partition coefficient (Wildman–Crippen LogP) is 4.42. The lowest BCUT2D eigenvalue weighted by molar-refractivity contribution is -0.384. The smallest absolute Gasteiger partial charge is 0.288 e. The molecule has 1 aromatic heterocycles. The van der Waals surface area contributed by atoms with Gasteiger partial charge < -0.3 is 4.57 Å². The van der Waals surface area contributed by atoms with E-state index in [1.54, 1.807) is 18.2 Å². The van der Waals surface area contributed by atoms with Gasteiger partial charge in [0.15, 0.2) is 11.0 Å². The number of benzene rings is 2. The fourth-order valence-electron chi connectivity index (χ4n) is 2.58. The van der Waals surface area contributed by atoms with Crippen LogP contribution >= 0.6 is 35.0 Å². The number of amides is 1. The van der Waals surface area contributed by atoms with E-state index in [0.29, 0.717) is 28.1 Å². The maximum Gasteiger partial charge on any atom is 0.288 e. The summed E-state index contributed by atoms with van der Waals surface area (Å²) in [7, 11) is 0. The monoisotopic (exact) mass is 478 g/mol. The molecule has 12 heteroatoms. The van der Waals surface area contributed by atoms with Crippen molar-refractivity contribution in [1.82, 2.24) is 20.2 Å². The maximum absolute atomic E-state index is 12.1. The van der Waals surface area contributed by atoms with Crippen LogP contribution < -0.4 is 5.43 Å². The third-order valence-corrected chi connectivity index (χ3v) is 5.58. The van der Waals surface area contributed by atoms with Gasteiger partial charge in [-0.15, -0.1) is 10.2 Å². The van der Waals surface area contributed by atoms with Gasteiger partial charge in [-0.2, -0.15) is 5.10 Å². The van der Waals surface area contributed by atoms with Crippen molar-refractivity contribution < 1.29 is 9.72 Å². The molecule has 0 unspecified atom stereocenters. The molecule has 31 heavy (non-hydrogen) atoms. The topological polar surface area (TPSA) is 115 Å². The van der Waals surface area contributed by atoms with E-state index in [1.807, 2.05) is 23.6 Å². The van der Waals surface area contributed by atoms with Crippen molar-refractivity contribution in [3.63, 3.8) is 0 Å². The van der Waals surface area contributed by atoms with E-state index in [0.717, 1.165) is 5.56 Å². The summed E-state index contributed by atoms with van der Waals surface area (Å²) in [5, 5.41) is 24.4. The van der Waals surface area contributed by atoms with Gasteiger partial charge in [-0.05, 0) is 37.3 Å². The molecule has 0 aliphatic heterocycles. The number of carbonyl (C=O) groups is 1. The molecule has 1 N–H and O–H groups in total. The molecule has 0 aliphatic carbocycles. The van der Waals surface area contributed by atoms with Crippen molar-refractivity contribution in [2.24, 2.45) is 5.10 Å². The average molecular weight is 479 g/mol. The van der Waals surface area contributed by atoms with Gasteiger partial charge in [-0.3, -0.25) is 14.9 Å². The number of hydrazone groups is 1. The van der Waals surface area contributed by atoms with Gasteiger partial charge in [-0.25, -0.2) is 5.43 Å². The number of thioether (sulfide) groups is 1. The van der Waals surface area contributed by atoms with Crippen molar-refractivity contribution >= 4 is 52.8 Å². The second kappa shape index (κ2) is 10.4. The normalized spacial score (nSPS) is 11.1. The van der Waals surface area contributed by atoms with Crippen molar-refractivity contribution in [2.45, 2.75) is 18.6 Å². The van der Waals surface area contributed by atoms with E-state index in [1.165, 1.54) is 30.1 Å². The molecule has 0 atom stereocenters. The summed E-state index contributed by atoms with van der Waals surface area (Å²) in [6, 6.07) is 11.5. The highest BCUT2D eigenvalue weighted by atomic mass is 35.5. The number of hydrogen-bond acceptors (Lipinski definition) is 7. The van der Waals surface area contributed by atoms with Gasteiger partial charge in [-0.1, -0.05) is 41.0 Å². The zero-order valence-electron chi connectivity index (χ0n) is 16.2. The highest BCUT2D eigenvalue weighted by Crippen LogP contribution is 2.25. The molecule has 0 saturated heterocycles. The van der Waals surface area contributed by atoms with Crippen LogP contribution in [0.15, 0.2) is 52.7 Å². The van der Waals surface area contributed by atoms with Crippen molar-refractivity contribution in [1.29, 1.82) is 0 Å². The van der Waals surface area contributed by atoms with Gasteiger partial charge in [0.2, 0.25) is 0 Å². The number of halogens is 2. The lowest BCUT2D eigenvalue weighted by atomic mass is 10.2. The van der Waals surface area contributed by atoms with E-state index in [9.17, 15) is 14.9 Å². The van der Waals surface area contributed by atoms with E-state index in [2.05, 4.69) is 20.7 Å². The highest BCUT2D eigenvalue weighted by molar-refractivity contribution is 7.99. The Labute approximate surface area is 191 Å². The first-order valence-corrected chi connectivity index (χ1v) is 10.7. The molecule has 2 aromatic carbocycles. The summed E-state index contributed by atoms with van der Waals surface area (Å²) in [6.45, 7) is 2.59. The molecule has 0 saturated carbocycles. The second-order valence-corrected chi connectivity index (χ2v) is 7.89. The molecular weight excluding hydrogens is 463 g/mol. The van der Waals surface area contributed by atoms with Crippen molar-refractivity contribution in [2.75, 3.05) is 5.75 Å². The first kappa shape index (κ1) is 22.7. The first-order valence-electron chi connectivity index (χ1n) is 8.96. The third-order valence-electron chi connectivity index (χ3n) is 4.04. The van der Waals surface area contributed by atoms with Crippen LogP contribution in [0.2, 0.25) is 10.0 Å². The number of rotatable bonds is 8. The molecule has 3 rings (SSSR count). The molecule has 0 bridgehead atoms. The predicted molar refractivity (Wildman–Crippen MR) is 121 cm³/mol. The van der Waals surface area contributed by atoms with E-state index in [-0.39, 0.29) is 22.4 Å². The number of nitro benzene ring substituents is 1. The molecule has 3 aromatic rings. The number of nitro groups is 1. The number of nitrogens with one attached hydrogen (secondary N) is 1. The highest BCUT2D eigenvalue weighted by Gasteiger charge is 2.15. The van der Waals surface area contributed by atoms with Crippen molar-refractivity contribution in [3.8, 4) is 11.4 Å². The minimum atomic E-state index is -0.586. The van der Waals surface area contributed by atoms with Crippen LogP contribution in [-0.2, 0) is 11.3 Å². The second-order valence-electron chi connectivity index (χ2n) is 6.11. The fourth-order valence-corrected chi connectivity index (χ4v) is 3.69. The molecular formula is C19H16Cl2N6O3S. The largest absolute Gasteiger partial charge is 0.302 e. The van der Waals surface area contributed by atoms with E-state index in [4.69, 9.17) is 23.2 Å². The first-order chi connectivity index (χ1) is 14.9. The van der Waals surface area contributed by atoms with Crippen LogP contribution in [-0.4, -0.2) is 37.6 Å². The fraction of sp³-hybridized carbons (Fsp3) is 0.158. The summed E-state index contributed by atoms with van der Waals surface area (Å²) in [4.78, 5) is 22.4. The molecule has 0 aliphatic rings. The average Bonchev–Trinajstić information content (AvgIpc) is 3.16. The van der Waals surface area contributed by atoms with Crippen LogP contribution in [0.5, 0.6) is 0 Å². The number of nitrogens with zero attached hydrogens (tertiary/aromatic N) is 5. The molecule has 9 nitrogen and oxygen atoms in total. The quantitative estimate of drug-likeness (QED) is 0.221. The lowest BCUT2D eigenvalue weighted by Crippen LogP contribution is -2.20.